The highest BCUT2D eigenvalue weighted by Gasteiger charge is 2.19. The van der Waals surface area contributed by atoms with Crippen LogP contribution < -0.4 is 9.46 Å². The van der Waals surface area contributed by atoms with Gasteiger partial charge < -0.3 is 9.30 Å². The number of aromatic nitrogens is 2. The molecule has 2 aromatic carbocycles. The maximum atomic E-state index is 12.6. The van der Waals surface area contributed by atoms with Gasteiger partial charge in [0.05, 0.1) is 23.0 Å². The summed E-state index contributed by atoms with van der Waals surface area (Å²) < 4.78 is 34.8. The third-order valence-electron chi connectivity index (χ3n) is 3.70. The molecule has 0 bridgehead atoms. The first-order valence-corrected chi connectivity index (χ1v) is 9.15. The van der Waals surface area contributed by atoms with E-state index in [-0.39, 0.29) is 4.90 Å². The maximum Gasteiger partial charge on any atom is 0.264 e. The SMILES string of the molecule is CCCn1c(NS(=O)(=O)c2ccc(OC)cc2)nc2ccccc21. The Morgan fingerprint density at radius 3 is 2.50 bits per heavy atom. The summed E-state index contributed by atoms with van der Waals surface area (Å²) in [5, 5.41) is 0. The number of hydrogen-bond acceptors (Lipinski definition) is 4. The van der Waals surface area contributed by atoms with Crippen molar-refractivity contribution < 1.29 is 13.2 Å². The van der Waals surface area contributed by atoms with Gasteiger partial charge in [0.2, 0.25) is 5.95 Å². The van der Waals surface area contributed by atoms with E-state index in [1.54, 1.807) is 12.1 Å². The molecule has 6 nitrogen and oxygen atoms in total. The van der Waals surface area contributed by atoms with Gasteiger partial charge in [-0.2, -0.15) is 0 Å². The number of para-hydroxylation sites is 2. The molecule has 0 radical (unpaired) electrons. The standard InChI is InChI=1S/C17H19N3O3S/c1-3-12-20-16-7-5-4-6-15(16)18-17(20)19-24(21,22)14-10-8-13(23-2)9-11-14/h4-11H,3,12H2,1-2H3,(H,18,19). The molecular formula is C17H19N3O3S. The molecule has 24 heavy (non-hydrogen) atoms. The second-order valence-electron chi connectivity index (χ2n) is 5.36. The van der Waals surface area contributed by atoms with E-state index in [1.165, 1.54) is 19.2 Å². The lowest BCUT2D eigenvalue weighted by atomic mass is 10.3. The van der Waals surface area contributed by atoms with Crippen molar-refractivity contribution in [1.29, 1.82) is 0 Å². The lowest BCUT2D eigenvalue weighted by Gasteiger charge is -2.11. The Balaban J connectivity index is 1.99. The van der Waals surface area contributed by atoms with E-state index < -0.39 is 10.0 Å². The van der Waals surface area contributed by atoms with Crippen molar-refractivity contribution in [1.82, 2.24) is 9.55 Å². The van der Waals surface area contributed by atoms with Crippen LogP contribution >= 0.6 is 0 Å². The summed E-state index contributed by atoms with van der Waals surface area (Å²) in [6.07, 6.45) is 0.873. The highest BCUT2D eigenvalue weighted by molar-refractivity contribution is 7.92. The molecule has 0 unspecified atom stereocenters. The van der Waals surface area contributed by atoms with E-state index in [0.29, 0.717) is 18.2 Å². The predicted octanol–water partition coefficient (Wildman–Crippen LogP) is 3.26. The largest absolute Gasteiger partial charge is 0.497 e. The number of methoxy groups -OCH3 is 1. The van der Waals surface area contributed by atoms with Crippen molar-refractivity contribution in [2.24, 2.45) is 0 Å². The number of fused-ring (bicyclic) bond motifs is 1. The van der Waals surface area contributed by atoms with E-state index >= 15 is 0 Å². The van der Waals surface area contributed by atoms with Crippen LogP contribution in [-0.2, 0) is 16.6 Å². The van der Waals surface area contributed by atoms with E-state index in [1.807, 2.05) is 35.8 Å². The van der Waals surface area contributed by atoms with Crippen molar-refractivity contribution in [2.45, 2.75) is 24.8 Å². The summed E-state index contributed by atoms with van der Waals surface area (Å²) in [5.74, 6) is 0.932. The molecule has 0 saturated carbocycles. The fourth-order valence-electron chi connectivity index (χ4n) is 2.54. The van der Waals surface area contributed by atoms with Crippen LogP contribution in [0.15, 0.2) is 53.4 Å². The number of nitrogens with zero attached hydrogens (tertiary/aromatic N) is 2. The third-order valence-corrected chi connectivity index (χ3v) is 5.04. The van der Waals surface area contributed by atoms with Crippen molar-refractivity contribution in [2.75, 3.05) is 11.8 Å². The maximum absolute atomic E-state index is 12.6. The van der Waals surface area contributed by atoms with Gasteiger partial charge in [-0.15, -0.1) is 0 Å². The summed E-state index contributed by atoms with van der Waals surface area (Å²) in [7, 11) is -2.18. The van der Waals surface area contributed by atoms with Crippen LogP contribution in [0.2, 0.25) is 0 Å². The van der Waals surface area contributed by atoms with Gasteiger partial charge >= 0.3 is 0 Å². The topological polar surface area (TPSA) is 73.2 Å². The number of sulfonamides is 1. The number of imidazole rings is 1. The fraction of sp³-hybridized carbons (Fsp3) is 0.235. The number of benzene rings is 2. The number of hydrogen-bond donors (Lipinski definition) is 1. The molecule has 0 aliphatic rings. The van der Waals surface area contributed by atoms with Crippen LogP contribution in [0.1, 0.15) is 13.3 Å². The summed E-state index contributed by atoms with van der Waals surface area (Å²) in [4.78, 5) is 4.59. The van der Waals surface area contributed by atoms with Crippen molar-refractivity contribution in [3.63, 3.8) is 0 Å². The Morgan fingerprint density at radius 2 is 1.83 bits per heavy atom. The quantitative estimate of drug-likeness (QED) is 0.744. The minimum atomic E-state index is -3.72. The van der Waals surface area contributed by atoms with Crippen LogP contribution in [-0.4, -0.2) is 25.1 Å². The van der Waals surface area contributed by atoms with Gasteiger partial charge in [-0.1, -0.05) is 19.1 Å². The number of ether oxygens (including phenoxy) is 1. The highest BCUT2D eigenvalue weighted by atomic mass is 32.2. The van der Waals surface area contributed by atoms with Crippen molar-refractivity contribution in [3.05, 3.63) is 48.5 Å². The molecule has 0 atom stereocenters. The van der Waals surface area contributed by atoms with E-state index in [4.69, 9.17) is 4.74 Å². The molecule has 0 spiro atoms. The number of aryl methyl sites for hydroxylation is 1. The smallest absolute Gasteiger partial charge is 0.264 e. The van der Waals surface area contributed by atoms with Gasteiger partial charge in [0, 0.05) is 6.54 Å². The Hall–Kier alpha value is -2.54. The Bertz CT molecular complexity index is 947. The van der Waals surface area contributed by atoms with Gasteiger partial charge in [0.1, 0.15) is 5.75 Å². The molecule has 1 aromatic heterocycles. The molecule has 3 rings (SSSR count). The first kappa shape index (κ1) is 16.3. The van der Waals surface area contributed by atoms with Crippen LogP contribution in [0, 0.1) is 0 Å². The molecular weight excluding hydrogens is 326 g/mol. The summed E-state index contributed by atoms with van der Waals surface area (Å²) in [5.41, 5.74) is 1.67. The van der Waals surface area contributed by atoms with Crippen molar-refractivity contribution in [3.8, 4) is 5.75 Å². The average molecular weight is 345 g/mol. The van der Waals surface area contributed by atoms with Crippen LogP contribution in [0.5, 0.6) is 5.75 Å². The number of anilines is 1. The van der Waals surface area contributed by atoms with Gasteiger partial charge in [-0.05, 0) is 42.8 Å². The summed E-state index contributed by atoms with van der Waals surface area (Å²) in [6, 6.07) is 13.8. The normalized spacial score (nSPS) is 11.6. The monoisotopic (exact) mass is 345 g/mol. The van der Waals surface area contributed by atoms with Crippen LogP contribution in [0.3, 0.4) is 0 Å². The average Bonchev–Trinajstić information content (AvgIpc) is 2.92. The van der Waals surface area contributed by atoms with Gasteiger partial charge in [-0.25, -0.2) is 18.1 Å². The number of nitrogens with one attached hydrogen (secondary N) is 1. The molecule has 7 heteroatoms. The Morgan fingerprint density at radius 1 is 1.12 bits per heavy atom. The molecule has 0 aliphatic heterocycles. The fourth-order valence-corrected chi connectivity index (χ4v) is 3.55. The first-order valence-electron chi connectivity index (χ1n) is 7.67. The molecule has 0 amide bonds. The first-order chi connectivity index (χ1) is 11.5. The zero-order chi connectivity index (χ0) is 17.2. The molecule has 1 N–H and O–H groups in total. The van der Waals surface area contributed by atoms with E-state index in [9.17, 15) is 8.42 Å². The van der Waals surface area contributed by atoms with Gasteiger partial charge in [-0.3, -0.25) is 0 Å². The highest BCUT2D eigenvalue weighted by Crippen LogP contribution is 2.23. The molecule has 126 valence electrons. The molecule has 0 aliphatic carbocycles. The zero-order valence-corrected chi connectivity index (χ0v) is 14.4. The second kappa shape index (κ2) is 6.52. The van der Waals surface area contributed by atoms with E-state index in [0.717, 1.165) is 17.5 Å². The van der Waals surface area contributed by atoms with Crippen LogP contribution in [0.4, 0.5) is 5.95 Å². The molecule has 0 fully saturated rings. The lowest BCUT2D eigenvalue weighted by Crippen LogP contribution is -2.16. The zero-order valence-electron chi connectivity index (χ0n) is 13.6. The Labute approximate surface area is 141 Å². The molecule has 0 saturated heterocycles. The Kier molecular flexibility index (Phi) is 4.44. The lowest BCUT2D eigenvalue weighted by molar-refractivity contribution is 0.414. The minimum absolute atomic E-state index is 0.165. The minimum Gasteiger partial charge on any atom is -0.497 e. The molecule has 1 heterocycles. The van der Waals surface area contributed by atoms with Gasteiger partial charge in [0.25, 0.3) is 10.0 Å². The van der Waals surface area contributed by atoms with Gasteiger partial charge in [0.15, 0.2) is 0 Å². The van der Waals surface area contributed by atoms with Crippen molar-refractivity contribution >= 4 is 27.0 Å². The van der Waals surface area contributed by atoms with Crippen LogP contribution in [0.25, 0.3) is 11.0 Å². The number of rotatable bonds is 6. The summed E-state index contributed by atoms with van der Waals surface area (Å²) in [6.45, 7) is 2.72. The second-order valence-corrected chi connectivity index (χ2v) is 7.04. The van der Waals surface area contributed by atoms with E-state index in [2.05, 4.69) is 9.71 Å². The third kappa shape index (κ3) is 3.07. The summed E-state index contributed by atoms with van der Waals surface area (Å²) >= 11 is 0. The molecule has 3 aromatic rings. The predicted molar refractivity (Wildman–Crippen MR) is 93.8 cm³/mol.